The molecule has 1 aromatic carbocycles. The molecule has 2 rings (SSSR count). The highest BCUT2D eigenvalue weighted by molar-refractivity contribution is 6.09. The van der Waals surface area contributed by atoms with E-state index in [9.17, 15) is 14.7 Å². The van der Waals surface area contributed by atoms with Gasteiger partial charge in [0.15, 0.2) is 17.3 Å². The fraction of sp³-hybridized carbons (Fsp3) is 0.200. The van der Waals surface area contributed by atoms with Gasteiger partial charge in [-0.25, -0.2) is 0 Å². The Morgan fingerprint density at radius 3 is 2.58 bits per heavy atom. The molecule has 1 heterocycles. The van der Waals surface area contributed by atoms with Crippen LogP contribution in [0.25, 0.3) is 11.0 Å². The Labute approximate surface area is 110 Å². The largest absolute Gasteiger partial charge is 0.504 e. The number of aromatic hydroxyl groups is 1. The Bertz CT molecular complexity index is 704. The van der Waals surface area contributed by atoms with Gasteiger partial charge in [-0.05, 0) is 37.6 Å². The molecule has 1 aromatic heterocycles. The van der Waals surface area contributed by atoms with E-state index < -0.39 is 0 Å². The van der Waals surface area contributed by atoms with E-state index >= 15 is 0 Å². The van der Waals surface area contributed by atoms with E-state index in [0.29, 0.717) is 16.5 Å². The number of carbonyl (C=O) groups is 2. The van der Waals surface area contributed by atoms with Crippen molar-refractivity contribution in [1.29, 1.82) is 0 Å². The Hall–Kier alpha value is -2.36. The monoisotopic (exact) mass is 258 g/mol. The highest BCUT2D eigenvalue weighted by atomic mass is 16.4. The van der Waals surface area contributed by atoms with Gasteiger partial charge in [0, 0.05) is 12.5 Å². The van der Waals surface area contributed by atoms with E-state index in [4.69, 9.17) is 4.42 Å². The lowest BCUT2D eigenvalue weighted by Gasteiger charge is -2.01. The van der Waals surface area contributed by atoms with Crippen LogP contribution in [-0.2, 0) is 0 Å². The van der Waals surface area contributed by atoms with Gasteiger partial charge in [0.25, 0.3) is 0 Å². The van der Waals surface area contributed by atoms with Crippen molar-refractivity contribution in [2.24, 2.45) is 0 Å². The van der Waals surface area contributed by atoms with Crippen molar-refractivity contribution in [1.82, 2.24) is 0 Å². The molecule has 0 bridgehead atoms. The maximum atomic E-state index is 11.9. The van der Waals surface area contributed by atoms with Crippen molar-refractivity contribution in [3.63, 3.8) is 0 Å². The second kappa shape index (κ2) is 4.72. The summed E-state index contributed by atoms with van der Waals surface area (Å²) in [5.41, 5.74) is 1.62. The minimum atomic E-state index is -0.354. The van der Waals surface area contributed by atoms with Crippen molar-refractivity contribution < 1.29 is 19.1 Å². The predicted molar refractivity (Wildman–Crippen MR) is 71.8 cm³/mol. The van der Waals surface area contributed by atoms with E-state index in [-0.39, 0.29) is 23.1 Å². The van der Waals surface area contributed by atoms with Crippen LogP contribution in [0.1, 0.15) is 40.3 Å². The Balaban J connectivity index is 2.71. The molecule has 1 N–H and O–H groups in total. The van der Waals surface area contributed by atoms with Crippen molar-refractivity contribution in [3.05, 3.63) is 41.2 Å². The number of aryl methyl sites for hydroxylation is 1. The molecular formula is C15H14O4. The molecule has 0 aliphatic carbocycles. The van der Waals surface area contributed by atoms with Gasteiger partial charge in [-0.3, -0.25) is 9.59 Å². The van der Waals surface area contributed by atoms with Crippen molar-refractivity contribution in [2.45, 2.75) is 20.8 Å². The standard InChI is InChI=1S/C15H14O4/c1-4-5-12(17)10-7-11-13(6-8(10)2)19-15(9(3)16)14(11)18/h4-7,18H,1-3H3. The van der Waals surface area contributed by atoms with Crippen LogP contribution in [0.3, 0.4) is 0 Å². The molecule has 0 radical (unpaired) electrons. The van der Waals surface area contributed by atoms with Crippen LogP contribution in [0, 0.1) is 6.92 Å². The van der Waals surface area contributed by atoms with Crippen LogP contribution >= 0.6 is 0 Å². The van der Waals surface area contributed by atoms with Gasteiger partial charge in [-0.15, -0.1) is 0 Å². The summed E-state index contributed by atoms with van der Waals surface area (Å²) in [6.45, 7) is 4.86. The lowest BCUT2D eigenvalue weighted by atomic mass is 10.0. The molecule has 0 aliphatic rings. The number of furan rings is 1. The van der Waals surface area contributed by atoms with Crippen molar-refractivity contribution >= 4 is 22.5 Å². The first-order valence-corrected chi connectivity index (χ1v) is 5.89. The SMILES string of the molecule is CC=CC(=O)c1cc2c(O)c(C(C)=O)oc2cc1C. The van der Waals surface area contributed by atoms with E-state index in [1.54, 1.807) is 32.1 Å². The highest BCUT2D eigenvalue weighted by Gasteiger charge is 2.19. The summed E-state index contributed by atoms with van der Waals surface area (Å²) >= 11 is 0. The van der Waals surface area contributed by atoms with Gasteiger partial charge in [-0.1, -0.05) is 6.08 Å². The first-order chi connectivity index (χ1) is 8.95. The van der Waals surface area contributed by atoms with Gasteiger partial charge in [0.05, 0.1) is 5.39 Å². The molecule has 4 nitrogen and oxygen atoms in total. The van der Waals surface area contributed by atoms with Crippen LogP contribution in [0.2, 0.25) is 0 Å². The number of benzene rings is 1. The predicted octanol–water partition coefficient (Wildman–Crippen LogP) is 3.41. The fourth-order valence-corrected chi connectivity index (χ4v) is 1.98. The molecule has 4 heteroatoms. The molecule has 0 fully saturated rings. The number of Topliss-reactive ketones (excluding diaryl/α,β-unsaturated/α-hetero) is 1. The van der Waals surface area contributed by atoms with Crippen molar-refractivity contribution in [2.75, 3.05) is 0 Å². The summed E-state index contributed by atoms with van der Waals surface area (Å²) in [4.78, 5) is 23.2. The second-order valence-corrected chi connectivity index (χ2v) is 4.36. The van der Waals surface area contributed by atoms with Crippen LogP contribution in [0.4, 0.5) is 0 Å². The molecule has 98 valence electrons. The van der Waals surface area contributed by atoms with E-state index in [0.717, 1.165) is 5.56 Å². The first kappa shape index (κ1) is 13.1. The maximum absolute atomic E-state index is 11.9. The van der Waals surface area contributed by atoms with E-state index in [2.05, 4.69) is 0 Å². The summed E-state index contributed by atoms with van der Waals surface area (Å²) in [5.74, 6) is -0.790. The minimum absolute atomic E-state index is 0.0787. The molecule has 0 aliphatic heterocycles. The topological polar surface area (TPSA) is 67.5 Å². The quantitative estimate of drug-likeness (QED) is 0.676. The zero-order chi connectivity index (χ0) is 14.2. The van der Waals surface area contributed by atoms with E-state index in [1.165, 1.54) is 13.0 Å². The zero-order valence-electron chi connectivity index (χ0n) is 11.0. The first-order valence-electron chi connectivity index (χ1n) is 5.89. The van der Waals surface area contributed by atoms with Gasteiger partial charge < -0.3 is 9.52 Å². The molecular weight excluding hydrogens is 244 g/mol. The van der Waals surface area contributed by atoms with Gasteiger partial charge in [-0.2, -0.15) is 0 Å². The minimum Gasteiger partial charge on any atom is -0.504 e. The Morgan fingerprint density at radius 1 is 1.32 bits per heavy atom. The zero-order valence-corrected chi connectivity index (χ0v) is 11.0. The summed E-state index contributed by atoms with van der Waals surface area (Å²) < 4.78 is 5.31. The number of ketones is 2. The third kappa shape index (κ3) is 2.17. The molecule has 0 unspecified atom stereocenters. The lowest BCUT2D eigenvalue weighted by molar-refractivity contribution is 0.0984. The number of fused-ring (bicyclic) bond motifs is 1. The molecule has 19 heavy (non-hydrogen) atoms. The summed E-state index contributed by atoms with van der Waals surface area (Å²) in [6.07, 6.45) is 3.11. The molecule has 0 saturated heterocycles. The maximum Gasteiger partial charge on any atom is 0.212 e. The van der Waals surface area contributed by atoms with Crippen LogP contribution in [-0.4, -0.2) is 16.7 Å². The number of rotatable bonds is 3. The smallest absolute Gasteiger partial charge is 0.212 e. The lowest BCUT2D eigenvalue weighted by Crippen LogP contribution is -1.97. The van der Waals surface area contributed by atoms with Crippen LogP contribution in [0.5, 0.6) is 5.75 Å². The number of hydrogen-bond acceptors (Lipinski definition) is 4. The summed E-state index contributed by atoms with van der Waals surface area (Å²) in [5, 5.41) is 10.3. The molecule has 0 spiro atoms. The number of allylic oxidation sites excluding steroid dienone is 2. The molecule has 0 saturated carbocycles. The van der Waals surface area contributed by atoms with Crippen LogP contribution in [0.15, 0.2) is 28.7 Å². The highest BCUT2D eigenvalue weighted by Crippen LogP contribution is 2.34. The molecule has 2 aromatic rings. The average molecular weight is 258 g/mol. The third-order valence-corrected chi connectivity index (χ3v) is 2.91. The number of hydrogen-bond donors (Lipinski definition) is 1. The number of carbonyl (C=O) groups excluding carboxylic acids is 2. The molecule has 0 amide bonds. The van der Waals surface area contributed by atoms with Gasteiger partial charge in [0.2, 0.25) is 5.76 Å². The average Bonchev–Trinajstić information content (AvgIpc) is 2.65. The normalized spacial score (nSPS) is 11.3. The van der Waals surface area contributed by atoms with E-state index in [1.807, 2.05) is 0 Å². The van der Waals surface area contributed by atoms with Gasteiger partial charge in [0.1, 0.15) is 5.58 Å². The second-order valence-electron chi connectivity index (χ2n) is 4.36. The third-order valence-electron chi connectivity index (χ3n) is 2.91. The fourth-order valence-electron chi connectivity index (χ4n) is 1.98. The van der Waals surface area contributed by atoms with Gasteiger partial charge >= 0.3 is 0 Å². The van der Waals surface area contributed by atoms with Crippen LogP contribution < -0.4 is 0 Å². The Morgan fingerprint density at radius 2 is 2.00 bits per heavy atom. The van der Waals surface area contributed by atoms with Crippen molar-refractivity contribution in [3.8, 4) is 5.75 Å². The summed E-state index contributed by atoms with van der Waals surface area (Å²) in [7, 11) is 0. The molecule has 0 atom stereocenters. The summed E-state index contributed by atoms with van der Waals surface area (Å²) in [6, 6.07) is 3.20. The Kier molecular flexibility index (Phi) is 3.25.